The number of H-pyrrole nitrogens is 1. The van der Waals surface area contributed by atoms with Crippen molar-refractivity contribution in [2.75, 3.05) is 0 Å². The van der Waals surface area contributed by atoms with Gasteiger partial charge in [-0.2, -0.15) is 4.57 Å². The van der Waals surface area contributed by atoms with Crippen LogP contribution >= 0.6 is 0 Å². The lowest BCUT2D eigenvalue weighted by molar-refractivity contribution is -0.594. The first kappa shape index (κ1) is 13.0. The second-order valence-electron chi connectivity index (χ2n) is 5.34. The molecular formula is C18H11ClN2O. The van der Waals surface area contributed by atoms with E-state index >= 15 is 0 Å². The molecule has 3 heterocycles. The van der Waals surface area contributed by atoms with Crippen molar-refractivity contribution in [3.63, 3.8) is 0 Å². The van der Waals surface area contributed by atoms with Crippen LogP contribution in [-0.2, 0) is 0 Å². The molecule has 0 unspecified atom stereocenters. The first-order chi connectivity index (χ1) is 10.3. The predicted molar refractivity (Wildman–Crippen MR) is 80.8 cm³/mol. The molecule has 22 heavy (non-hydrogen) atoms. The molecule has 4 aromatic rings. The number of halogens is 1. The smallest absolute Gasteiger partial charge is 0.266 e. The number of rotatable bonds is 0. The van der Waals surface area contributed by atoms with E-state index in [0.29, 0.717) is 0 Å². The molecule has 106 valence electrons. The maximum Gasteiger partial charge on any atom is 0.266 e. The Hall–Kier alpha value is -2.65. The number of hydrogen-bond acceptors (Lipinski definition) is 1. The van der Waals surface area contributed by atoms with Crippen molar-refractivity contribution in [2.24, 2.45) is 0 Å². The molecule has 2 aromatic heterocycles. The van der Waals surface area contributed by atoms with E-state index in [0.717, 1.165) is 38.8 Å². The normalized spacial score (nSPS) is 12.3. The van der Waals surface area contributed by atoms with E-state index in [1.54, 1.807) is 0 Å². The van der Waals surface area contributed by atoms with Gasteiger partial charge in [-0.15, -0.1) is 0 Å². The lowest BCUT2D eigenvalue weighted by atomic mass is 10.0. The van der Waals surface area contributed by atoms with Crippen LogP contribution in [0.2, 0.25) is 0 Å². The molecule has 1 N–H and O–H groups in total. The summed E-state index contributed by atoms with van der Waals surface area (Å²) in [4.78, 5) is 16.1. The minimum atomic E-state index is 0. The lowest BCUT2D eigenvalue weighted by Crippen LogP contribution is -3.00. The van der Waals surface area contributed by atoms with Crippen molar-refractivity contribution >= 4 is 27.6 Å². The van der Waals surface area contributed by atoms with E-state index in [-0.39, 0.29) is 18.2 Å². The number of para-hydroxylation sites is 1. The second-order valence-corrected chi connectivity index (χ2v) is 5.34. The van der Waals surface area contributed by atoms with Crippen LogP contribution in [0.5, 0.6) is 0 Å². The molecule has 0 saturated heterocycles. The molecule has 0 fully saturated rings. The number of nitrogens with zero attached hydrogens (tertiary/aromatic N) is 1. The maximum atomic E-state index is 12.7. The Morgan fingerprint density at radius 3 is 2.59 bits per heavy atom. The van der Waals surface area contributed by atoms with Crippen LogP contribution in [0.25, 0.3) is 27.5 Å². The van der Waals surface area contributed by atoms with E-state index < -0.39 is 0 Å². The monoisotopic (exact) mass is 306 g/mol. The Balaban J connectivity index is 0.00000125. The minimum Gasteiger partial charge on any atom is -1.00 e. The molecule has 3 nitrogen and oxygen atoms in total. The lowest BCUT2D eigenvalue weighted by Gasteiger charge is -1.95. The molecule has 0 radical (unpaired) electrons. The van der Waals surface area contributed by atoms with Gasteiger partial charge in [0.15, 0.2) is 6.20 Å². The number of ketones is 1. The third kappa shape index (κ3) is 1.46. The second kappa shape index (κ2) is 4.42. The zero-order valence-electron chi connectivity index (χ0n) is 11.5. The van der Waals surface area contributed by atoms with Crippen LogP contribution in [0, 0.1) is 0 Å². The summed E-state index contributed by atoms with van der Waals surface area (Å²) in [6, 6.07) is 18.0. The number of aromatic nitrogens is 2. The van der Waals surface area contributed by atoms with E-state index in [4.69, 9.17) is 0 Å². The molecule has 0 aliphatic carbocycles. The van der Waals surface area contributed by atoms with Crippen molar-refractivity contribution in [3.05, 3.63) is 72.1 Å². The average molecular weight is 307 g/mol. The third-order valence-electron chi connectivity index (χ3n) is 4.24. The molecule has 0 spiro atoms. The average Bonchev–Trinajstić information content (AvgIpc) is 3.04. The fourth-order valence-corrected chi connectivity index (χ4v) is 3.30. The zero-order chi connectivity index (χ0) is 14.0. The molecular weight excluding hydrogens is 296 g/mol. The molecule has 1 aliphatic rings. The van der Waals surface area contributed by atoms with Gasteiger partial charge in [0.2, 0.25) is 5.69 Å². The van der Waals surface area contributed by atoms with Gasteiger partial charge in [-0.25, -0.2) is 0 Å². The molecule has 0 atom stereocenters. The molecule has 4 heteroatoms. The molecule has 0 saturated carbocycles. The summed E-state index contributed by atoms with van der Waals surface area (Å²) in [7, 11) is 0. The fraction of sp³-hybridized carbons (Fsp3) is 0. The summed E-state index contributed by atoms with van der Waals surface area (Å²) in [5, 5.41) is 2.26. The minimum absolute atomic E-state index is 0. The van der Waals surface area contributed by atoms with Gasteiger partial charge in [0.1, 0.15) is 5.56 Å². The number of aromatic amines is 1. The summed E-state index contributed by atoms with van der Waals surface area (Å²) < 4.78 is 1.96. The van der Waals surface area contributed by atoms with Crippen LogP contribution in [0.15, 0.2) is 60.8 Å². The predicted octanol–water partition coefficient (Wildman–Crippen LogP) is 0.146. The Morgan fingerprint density at radius 1 is 0.864 bits per heavy atom. The van der Waals surface area contributed by atoms with Crippen molar-refractivity contribution in [1.82, 2.24) is 4.98 Å². The number of nitrogens with one attached hydrogen (secondary N) is 1. The van der Waals surface area contributed by atoms with Gasteiger partial charge < -0.3 is 17.4 Å². The quantitative estimate of drug-likeness (QED) is 0.406. The van der Waals surface area contributed by atoms with Gasteiger partial charge in [0.25, 0.3) is 11.5 Å². The summed E-state index contributed by atoms with van der Waals surface area (Å²) in [6.45, 7) is 0. The van der Waals surface area contributed by atoms with Gasteiger partial charge in [-0.3, -0.25) is 4.79 Å². The standard InChI is InChI=1S/C18H10N2O.ClH/c21-18-15-7-3-4-10-20(15)14-9-8-12-11-5-1-2-6-13(11)19-17(12)16(14)18;/h1-10H;1H. The van der Waals surface area contributed by atoms with Gasteiger partial charge in [-0.05, 0) is 18.2 Å². The molecule has 1 aliphatic heterocycles. The largest absolute Gasteiger partial charge is 1.00 e. The molecule has 2 aromatic carbocycles. The fourth-order valence-electron chi connectivity index (χ4n) is 3.30. The summed E-state index contributed by atoms with van der Waals surface area (Å²) in [5.41, 5.74) is 4.44. The summed E-state index contributed by atoms with van der Waals surface area (Å²) in [5.74, 6) is 0.0859. The van der Waals surface area contributed by atoms with Gasteiger partial charge in [-0.1, -0.05) is 18.2 Å². The highest BCUT2D eigenvalue weighted by Gasteiger charge is 2.37. The number of fused-ring (bicyclic) bond motifs is 7. The van der Waals surface area contributed by atoms with E-state index in [9.17, 15) is 4.79 Å². The highest BCUT2D eigenvalue weighted by atomic mass is 35.5. The number of carbonyl (C=O) groups is 1. The van der Waals surface area contributed by atoms with Crippen molar-refractivity contribution in [3.8, 4) is 5.69 Å². The van der Waals surface area contributed by atoms with Crippen LogP contribution in [0.1, 0.15) is 16.1 Å². The van der Waals surface area contributed by atoms with Crippen molar-refractivity contribution in [2.45, 2.75) is 0 Å². The Kier molecular flexibility index (Phi) is 2.62. The van der Waals surface area contributed by atoms with Gasteiger partial charge in [0.05, 0.1) is 5.52 Å². The van der Waals surface area contributed by atoms with Crippen LogP contribution in [0.3, 0.4) is 0 Å². The van der Waals surface area contributed by atoms with E-state index in [1.165, 1.54) is 0 Å². The van der Waals surface area contributed by atoms with E-state index in [2.05, 4.69) is 17.1 Å². The highest BCUT2D eigenvalue weighted by Crippen LogP contribution is 2.32. The Morgan fingerprint density at radius 2 is 1.68 bits per heavy atom. The SMILES string of the molecule is O=C1c2c(ccc3c2[nH]c2ccccc23)-[n+]2ccccc21.[Cl-]. The maximum absolute atomic E-state index is 12.7. The first-order valence-corrected chi connectivity index (χ1v) is 6.94. The summed E-state index contributed by atoms with van der Waals surface area (Å²) >= 11 is 0. The Bertz CT molecular complexity index is 1070. The first-order valence-electron chi connectivity index (χ1n) is 6.94. The molecule has 0 bridgehead atoms. The molecule has 0 amide bonds. The number of carbonyl (C=O) groups excluding carboxylic acids is 1. The van der Waals surface area contributed by atoms with Crippen molar-refractivity contribution in [1.29, 1.82) is 0 Å². The van der Waals surface area contributed by atoms with Crippen LogP contribution in [-0.4, -0.2) is 10.8 Å². The van der Waals surface area contributed by atoms with Gasteiger partial charge >= 0.3 is 0 Å². The molecule has 5 rings (SSSR count). The van der Waals surface area contributed by atoms with Crippen LogP contribution in [0.4, 0.5) is 0 Å². The zero-order valence-corrected chi connectivity index (χ0v) is 12.3. The number of pyridine rings is 1. The number of hydrogen-bond donors (Lipinski definition) is 1. The highest BCUT2D eigenvalue weighted by molar-refractivity contribution is 6.21. The van der Waals surface area contributed by atoms with E-state index in [1.807, 2.05) is 53.2 Å². The third-order valence-corrected chi connectivity index (χ3v) is 4.24. The number of benzene rings is 2. The van der Waals surface area contributed by atoms with Crippen LogP contribution < -0.4 is 17.0 Å². The summed E-state index contributed by atoms with van der Waals surface area (Å²) in [6.07, 6.45) is 1.94. The Labute approximate surface area is 132 Å². The van der Waals surface area contributed by atoms with Gasteiger partial charge in [0, 0.05) is 34.5 Å². The topological polar surface area (TPSA) is 36.7 Å². The van der Waals surface area contributed by atoms with Crippen molar-refractivity contribution < 1.29 is 21.8 Å².